The lowest BCUT2D eigenvalue weighted by Gasteiger charge is -2.61. The molecule has 4 aliphatic carbocycles. The first-order chi connectivity index (χ1) is 12.6. The number of hydrogen-bond acceptors (Lipinski definition) is 4. The van der Waals surface area contributed by atoms with Gasteiger partial charge in [-0.25, -0.2) is 0 Å². The minimum atomic E-state index is -1.31. The van der Waals surface area contributed by atoms with E-state index < -0.39 is 17.1 Å². The molecular weight excluding hydrogens is 455 g/mol. The predicted octanol–water partition coefficient (Wildman–Crippen LogP) is 3.47. The number of halogens is 1. The fraction of sp³-hybridized carbons (Fsp3) is 0.818. The van der Waals surface area contributed by atoms with Crippen molar-refractivity contribution in [1.29, 1.82) is 0 Å². The molecule has 3 fully saturated rings. The highest BCUT2D eigenvalue weighted by Gasteiger charge is 2.68. The van der Waals surface area contributed by atoms with Gasteiger partial charge in [0.05, 0.1) is 10.5 Å². The Hall–Kier alpha value is -0.270. The maximum atomic E-state index is 12.7. The Balaban J connectivity index is 1.77. The Morgan fingerprint density at radius 1 is 1.33 bits per heavy atom. The molecule has 0 aromatic heterocycles. The van der Waals surface area contributed by atoms with Gasteiger partial charge in [-0.15, -0.1) is 0 Å². The van der Waals surface area contributed by atoms with Gasteiger partial charge in [-0.1, -0.05) is 48.9 Å². The fourth-order valence-corrected chi connectivity index (χ4v) is 8.32. The summed E-state index contributed by atoms with van der Waals surface area (Å²) in [7, 11) is 0. The highest BCUT2D eigenvalue weighted by atomic mass is 127. The van der Waals surface area contributed by atoms with Gasteiger partial charge in [-0.2, -0.15) is 0 Å². The van der Waals surface area contributed by atoms with Crippen LogP contribution in [0.2, 0.25) is 0 Å². The Morgan fingerprint density at radius 3 is 2.70 bits per heavy atom. The minimum Gasteiger partial charge on any atom is -0.393 e. The van der Waals surface area contributed by atoms with E-state index in [1.807, 2.05) is 35.6 Å². The van der Waals surface area contributed by atoms with Crippen molar-refractivity contribution in [2.75, 3.05) is 4.43 Å². The zero-order chi connectivity index (χ0) is 19.8. The van der Waals surface area contributed by atoms with Gasteiger partial charge in [0.25, 0.3) is 0 Å². The van der Waals surface area contributed by atoms with Crippen LogP contribution in [0.25, 0.3) is 0 Å². The topological polar surface area (TPSA) is 74.6 Å². The molecule has 0 heterocycles. The largest absolute Gasteiger partial charge is 0.393 e. The lowest BCUT2D eigenvalue weighted by atomic mass is 9.44. The van der Waals surface area contributed by atoms with Crippen LogP contribution in [0.15, 0.2) is 11.6 Å². The van der Waals surface area contributed by atoms with E-state index >= 15 is 0 Å². The number of rotatable bonds is 2. The number of alkyl halides is 1. The van der Waals surface area contributed by atoms with Crippen LogP contribution in [-0.2, 0) is 9.59 Å². The average molecular weight is 486 g/mol. The third kappa shape index (κ3) is 2.53. The van der Waals surface area contributed by atoms with Crippen LogP contribution in [-0.4, -0.2) is 37.9 Å². The summed E-state index contributed by atoms with van der Waals surface area (Å²) in [4.78, 5) is 24.7. The average Bonchev–Trinajstić information content (AvgIpc) is 2.87. The molecule has 3 saturated carbocycles. The number of carbonyl (C=O) groups is 2. The lowest BCUT2D eigenvalue weighted by Crippen LogP contribution is -2.62. The third-order valence-corrected chi connectivity index (χ3v) is 9.64. The molecule has 0 saturated heterocycles. The Kier molecular flexibility index (Phi) is 4.72. The van der Waals surface area contributed by atoms with E-state index in [0.717, 1.165) is 19.3 Å². The summed E-state index contributed by atoms with van der Waals surface area (Å²) in [5.41, 5.74) is -0.796. The fourth-order valence-electron chi connectivity index (χ4n) is 7.69. The second-order valence-electron chi connectivity index (χ2n) is 10.1. The summed E-state index contributed by atoms with van der Waals surface area (Å²) < 4.78 is 0.309. The Bertz CT molecular complexity index is 717. The first-order valence-electron chi connectivity index (χ1n) is 10.3. The van der Waals surface area contributed by atoms with Gasteiger partial charge < -0.3 is 10.2 Å². The van der Waals surface area contributed by atoms with Crippen molar-refractivity contribution >= 4 is 34.2 Å². The van der Waals surface area contributed by atoms with E-state index in [1.165, 1.54) is 5.57 Å². The number of aliphatic hydroxyl groups is 2. The van der Waals surface area contributed by atoms with Crippen LogP contribution in [0.3, 0.4) is 0 Å². The van der Waals surface area contributed by atoms with Crippen molar-refractivity contribution in [3.8, 4) is 0 Å². The summed E-state index contributed by atoms with van der Waals surface area (Å²) in [6, 6.07) is 0. The highest BCUT2D eigenvalue weighted by molar-refractivity contribution is 14.1. The van der Waals surface area contributed by atoms with E-state index in [0.29, 0.717) is 35.5 Å². The van der Waals surface area contributed by atoms with Gasteiger partial charge in [-0.05, 0) is 67.3 Å². The molecule has 4 nitrogen and oxygen atoms in total. The molecular formula is C22H31IO4. The number of aliphatic hydroxyl groups excluding tert-OH is 1. The molecule has 5 heteroatoms. The molecule has 4 rings (SSSR count). The first-order valence-corrected chi connectivity index (χ1v) is 11.9. The molecule has 2 N–H and O–H groups in total. The van der Waals surface area contributed by atoms with E-state index in [-0.39, 0.29) is 28.8 Å². The van der Waals surface area contributed by atoms with Crippen LogP contribution in [0.1, 0.15) is 59.3 Å². The first kappa shape index (κ1) is 20.0. The van der Waals surface area contributed by atoms with Crippen LogP contribution in [0.4, 0.5) is 0 Å². The van der Waals surface area contributed by atoms with Gasteiger partial charge in [0.2, 0.25) is 0 Å². The Labute approximate surface area is 175 Å². The molecule has 0 radical (unpaired) electrons. The number of Topliss-reactive ketones (excluding diaryl/α,β-unsaturated/α-hetero) is 1. The smallest absolute Gasteiger partial charge is 0.174 e. The van der Waals surface area contributed by atoms with Gasteiger partial charge in [0.15, 0.2) is 11.6 Å². The van der Waals surface area contributed by atoms with Crippen molar-refractivity contribution in [3.05, 3.63) is 11.6 Å². The van der Waals surface area contributed by atoms with Gasteiger partial charge in [-0.3, -0.25) is 9.59 Å². The summed E-state index contributed by atoms with van der Waals surface area (Å²) >= 11 is 2.05. The van der Waals surface area contributed by atoms with Gasteiger partial charge in [0, 0.05) is 11.8 Å². The molecule has 0 unspecified atom stereocenters. The molecule has 0 aliphatic heterocycles. The number of ketones is 2. The van der Waals surface area contributed by atoms with Crippen LogP contribution >= 0.6 is 22.6 Å². The van der Waals surface area contributed by atoms with Crippen molar-refractivity contribution in [2.24, 2.45) is 34.5 Å². The number of fused-ring (bicyclic) bond motifs is 5. The predicted molar refractivity (Wildman–Crippen MR) is 111 cm³/mol. The maximum Gasteiger partial charge on any atom is 0.174 e. The van der Waals surface area contributed by atoms with E-state index in [2.05, 4.69) is 13.8 Å². The minimum absolute atomic E-state index is 0.0855. The molecule has 4 aliphatic rings. The normalized spacial score (nSPS) is 51.9. The zero-order valence-electron chi connectivity index (χ0n) is 16.5. The van der Waals surface area contributed by atoms with Crippen LogP contribution in [0, 0.1) is 34.5 Å². The van der Waals surface area contributed by atoms with Crippen molar-refractivity contribution in [3.63, 3.8) is 0 Å². The zero-order valence-corrected chi connectivity index (χ0v) is 18.7. The quantitative estimate of drug-likeness (QED) is 0.463. The third-order valence-electron chi connectivity index (χ3n) is 8.95. The SMILES string of the molecule is C[C@H]1C[C@@H]2[C@H]([C@@H](O)C[C@@]3(C)[C@H]2CC[C@]3(O)C(=O)CI)[C@@]2(C)CCC(=O)C=C12. The van der Waals surface area contributed by atoms with Gasteiger partial charge >= 0.3 is 0 Å². The van der Waals surface area contributed by atoms with E-state index in [4.69, 9.17) is 0 Å². The molecule has 27 heavy (non-hydrogen) atoms. The van der Waals surface area contributed by atoms with Crippen molar-refractivity contribution in [1.82, 2.24) is 0 Å². The summed E-state index contributed by atoms with van der Waals surface area (Å²) in [6.45, 7) is 6.48. The summed E-state index contributed by atoms with van der Waals surface area (Å²) in [6.07, 6.45) is 5.45. The van der Waals surface area contributed by atoms with E-state index in [1.54, 1.807) is 0 Å². The number of allylic oxidation sites excluding steroid dienone is 1. The molecule has 0 aromatic rings. The lowest BCUT2D eigenvalue weighted by molar-refractivity contribution is -0.181. The highest BCUT2D eigenvalue weighted by Crippen LogP contribution is 2.68. The van der Waals surface area contributed by atoms with Crippen molar-refractivity contribution in [2.45, 2.75) is 71.0 Å². The Morgan fingerprint density at radius 2 is 2.04 bits per heavy atom. The number of hydrogen-bond donors (Lipinski definition) is 2. The molecule has 0 spiro atoms. The molecule has 0 bridgehead atoms. The van der Waals surface area contributed by atoms with E-state index in [9.17, 15) is 19.8 Å². The second kappa shape index (κ2) is 6.36. The molecule has 0 amide bonds. The van der Waals surface area contributed by atoms with Gasteiger partial charge in [0.1, 0.15) is 5.60 Å². The van der Waals surface area contributed by atoms with Crippen LogP contribution < -0.4 is 0 Å². The summed E-state index contributed by atoms with van der Waals surface area (Å²) in [5, 5.41) is 22.7. The standard InChI is InChI=1S/C22H31IO4/c1-12-8-14-15-5-7-22(27,18(26)11-23)21(15,3)10-17(25)19(14)20(2)6-4-13(24)9-16(12)20/h9,12,14-15,17,19,25,27H,4-8,10-11H2,1-3H3/t12-,14-,15-,17-,19+,20-,21-,22-/m0/s1. The maximum absolute atomic E-state index is 12.7. The monoisotopic (exact) mass is 486 g/mol. The number of carbonyl (C=O) groups excluding carboxylic acids is 2. The van der Waals surface area contributed by atoms with Crippen LogP contribution in [0.5, 0.6) is 0 Å². The molecule has 0 aromatic carbocycles. The van der Waals surface area contributed by atoms with Crippen molar-refractivity contribution < 1.29 is 19.8 Å². The second-order valence-corrected chi connectivity index (χ2v) is 10.8. The summed E-state index contributed by atoms with van der Waals surface area (Å²) in [5.74, 6) is 1.09. The molecule has 150 valence electrons. The molecule has 8 atom stereocenters.